The van der Waals surface area contributed by atoms with Gasteiger partial charge in [0, 0.05) is 6.54 Å². The molecule has 5 rings (SSSR count). The van der Waals surface area contributed by atoms with Crippen LogP contribution in [0.1, 0.15) is 35.2 Å². The molecule has 2 fully saturated rings. The van der Waals surface area contributed by atoms with E-state index in [9.17, 15) is 18.0 Å². The van der Waals surface area contributed by atoms with Gasteiger partial charge in [-0.25, -0.2) is 18.1 Å². The third-order valence-electron chi connectivity index (χ3n) is 7.05. The molecule has 0 aromatic heterocycles. The Kier molecular flexibility index (Phi) is 6.74. The Bertz CT molecular complexity index is 1390. The highest BCUT2D eigenvalue weighted by Crippen LogP contribution is 2.44. The van der Waals surface area contributed by atoms with Crippen LogP contribution in [-0.4, -0.2) is 49.9 Å². The van der Waals surface area contributed by atoms with Crippen molar-refractivity contribution in [3.05, 3.63) is 95.6 Å². The number of nitrogens with zero attached hydrogens (tertiary/aromatic N) is 2. The van der Waals surface area contributed by atoms with Crippen molar-refractivity contribution < 1.29 is 27.5 Å². The molecule has 37 heavy (non-hydrogen) atoms. The molecule has 0 unspecified atom stereocenters. The Morgan fingerprint density at radius 2 is 1.62 bits per heavy atom. The van der Waals surface area contributed by atoms with Crippen LogP contribution in [-0.2, 0) is 19.6 Å². The van der Waals surface area contributed by atoms with Crippen molar-refractivity contribution in [2.75, 3.05) is 20.3 Å². The van der Waals surface area contributed by atoms with E-state index in [4.69, 9.17) is 9.47 Å². The average molecular weight is 521 g/mol. The van der Waals surface area contributed by atoms with E-state index in [-0.39, 0.29) is 24.5 Å². The Morgan fingerprint density at radius 3 is 2.27 bits per heavy atom. The summed E-state index contributed by atoms with van der Waals surface area (Å²) < 4.78 is 39.5. The zero-order valence-electron chi connectivity index (χ0n) is 20.6. The molecule has 2 saturated heterocycles. The van der Waals surface area contributed by atoms with E-state index < -0.39 is 40.0 Å². The number of aryl methyl sites for hydroxylation is 1. The summed E-state index contributed by atoms with van der Waals surface area (Å²) in [7, 11) is -2.37. The van der Waals surface area contributed by atoms with Gasteiger partial charge >= 0.3 is 6.09 Å². The fourth-order valence-corrected chi connectivity index (χ4v) is 6.77. The van der Waals surface area contributed by atoms with E-state index in [1.54, 1.807) is 55.6 Å². The molecule has 2 heterocycles. The third kappa shape index (κ3) is 4.60. The Morgan fingerprint density at radius 1 is 0.946 bits per heavy atom. The molecule has 3 atom stereocenters. The maximum Gasteiger partial charge on any atom is 0.417 e. The first-order valence-electron chi connectivity index (χ1n) is 12.1. The smallest absolute Gasteiger partial charge is 0.417 e. The second kappa shape index (κ2) is 9.99. The molecule has 0 radical (unpaired) electrons. The molecule has 2 aliphatic heterocycles. The van der Waals surface area contributed by atoms with Crippen molar-refractivity contribution in [1.82, 2.24) is 9.21 Å². The molecular formula is C28H28N2O6S. The van der Waals surface area contributed by atoms with Crippen LogP contribution in [0.3, 0.4) is 0 Å². The number of ether oxygens (including phenoxy) is 2. The fraction of sp³-hybridized carbons (Fsp3) is 0.286. The molecule has 2 amide bonds. The zero-order valence-corrected chi connectivity index (χ0v) is 21.4. The lowest BCUT2D eigenvalue weighted by atomic mass is 9.92. The van der Waals surface area contributed by atoms with Gasteiger partial charge in [-0.1, -0.05) is 60.2 Å². The maximum absolute atomic E-state index is 14.0. The molecule has 3 aromatic rings. The minimum Gasteiger partial charge on any atom is -0.497 e. The highest BCUT2D eigenvalue weighted by Gasteiger charge is 2.50. The van der Waals surface area contributed by atoms with E-state index in [1.165, 1.54) is 4.31 Å². The normalized spacial score (nSPS) is 22.2. The largest absolute Gasteiger partial charge is 0.497 e. The molecule has 0 bridgehead atoms. The topological polar surface area (TPSA) is 93.2 Å². The van der Waals surface area contributed by atoms with E-state index in [2.05, 4.69) is 0 Å². The van der Waals surface area contributed by atoms with Gasteiger partial charge in [-0.15, -0.1) is 0 Å². The number of cyclic esters (lactones) is 1. The molecule has 0 spiro atoms. The molecule has 192 valence electrons. The van der Waals surface area contributed by atoms with Gasteiger partial charge in [0.25, 0.3) is 0 Å². The van der Waals surface area contributed by atoms with Gasteiger partial charge in [-0.3, -0.25) is 4.79 Å². The fourth-order valence-electron chi connectivity index (χ4n) is 5.10. The summed E-state index contributed by atoms with van der Waals surface area (Å²) in [5.74, 6) is -0.603. The molecular weight excluding hydrogens is 492 g/mol. The molecule has 0 aliphatic carbocycles. The summed E-state index contributed by atoms with van der Waals surface area (Å²) in [4.78, 5) is 28.0. The van der Waals surface area contributed by atoms with Crippen molar-refractivity contribution in [3.63, 3.8) is 0 Å². The molecule has 0 N–H and O–H groups in total. The molecule has 3 aromatic carbocycles. The van der Waals surface area contributed by atoms with Gasteiger partial charge in [0.15, 0.2) is 0 Å². The van der Waals surface area contributed by atoms with Crippen LogP contribution >= 0.6 is 0 Å². The molecule has 8 nitrogen and oxygen atoms in total. The van der Waals surface area contributed by atoms with E-state index >= 15 is 0 Å². The summed E-state index contributed by atoms with van der Waals surface area (Å²) in [5, 5.41) is 0. The van der Waals surface area contributed by atoms with Gasteiger partial charge in [-0.2, -0.15) is 4.31 Å². The predicted molar refractivity (Wildman–Crippen MR) is 136 cm³/mol. The summed E-state index contributed by atoms with van der Waals surface area (Å²) in [6.07, 6.45) is -0.446. The van der Waals surface area contributed by atoms with Gasteiger partial charge in [0.05, 0.1) is 24.0 Å². The number of carbonyl (C=O) groups is 2. The number of amides is 2. The number of sulfonamides is 1. The quantitative estimate of drug-likeness (QED) is 0.476. The molecule has 2 aliphatic rings. The summed E-state index contributed by atoms with van der Waals surface area (Å²) >= 11 is 0. The minimum atomic E-state index is -3.92. The number of hydrogen-bond acceptors (Lipinski definition) is 6. The van der Waals surface area contributed by atoms with E-state index in [1.807, 2.05) is 37.3 Å². The van der Waals surface area contributed by atoms with Crippen LogP contribution in [0, 0.1) is 12.8 Å². The summed E-state index contributed by atoms with van der Waals surface area (Å²) in [6, 6.07) is 21.5. The van der Waals surface area contributed by atoms with Crippen molar-refractivity contribution in [1.29, 1.82) is 0 Å². The van der Waals surface area contributed by atoms with Gasteiger partial charge in [0.1, 0.15) is 18.4 Å². The van der Waals surface area contributed by atoms with Crippen molar-refractivity contribution in [3.8, 4) is 5.75 Å². The van der Waals surface area contributed by atoms with Gasteiger partial charge in [-0.05, 0) is 48.7 Å². The average Bonchev–Trinajstić information content (AvgIpc) is 3.54. The third-order valence-corrected chi connectivity index (χ3v) is 8.94. The first-order valence-corrected chi connectivity index (χ1v) is 13.5. The first kappa shape index (κ1) is 25.0. The Hall–Kier alpha value is -3.69. The second-order valence-electron chi connectivity index (χ2n) is 9.25. The molecule has 0 saturated carbocycles. The maximum atomic E-state index is 14.0. The van der Waals surface area contributed by atoms with Gasteiger partial charge in [0.2, 0.25) is 15.9 Å². The lowest BCUT2D eigenvalue weighted by molar-refractivity contribution is -0.134. The van der Waals surface area contributed by atoms with Crippen LogP contribution in [0.15, 0.2) is 83.8 Å². The SMILES string of the molecule is COc1ccc([C@@H]2[C@H](C(=O)N3C(=O)OC[C@@H]3c3ccccc3)CCN2S(=O)(=O)c2ccc(C)cc2)cc1. The first-order chi connectivity index (χ1) is 17.8. The summed E-state index contributed by atoms with van der Waals surface area (Å²) in [5.41, 5.74) is 2.38. The lowest BCUT2D eigenvalue weighted by Gasteiger charge is -2.30. The van der Waals surface area contributed by atoms with Crippen LogP contribution in [0.25, 0.3) is 0 Å². The standard InChI is InChI=1S/C28H28N2O6S/c1-19-8-14-23(15-9-19)37(33,34)29-17-16-24(26(29)21-10-12-22(35-2)13-11-21)27(31)30-25(18-36-28(30)32)20-6-4-3-5-7-20/h3-15,24-26H,16-18H2,1-2H3/t24-,25-,26-/m1/s1. The van der Waals surface area contributed by atoms with Crippen molar-refractivity contribution >= 4 is 22.0 Å². The van der Waals surface area contributed by atoms with E-state index in [0.29, 0.717) is 11.3 Å². The van der Waals surface area contributed by atoms with Crippen LogP contribution in [0.4, 0.5) is 4.79 Å². The second-order valence-corrected chi connectivity index (χ2v) is 11.1. The van der Waals surface area contributed by atoms with Crippen LogP contribution in [0.5, 0.6) is 5.75 Å². The predicted octanol–water partition coefficient (Wildman–Crippen LogP) is 4.48. The van der Waals surface area contributed by atoms with E-state index in [0.717, 1.165) is 16.0 Å². The Balaban J connectivity index is 1.54. The number of imide groups is 1. The van der Waals surface area contributed by atoms with Crippen LogP contribution < -0.4 is 4.74 Å². The van der Waals surface area contributed by atoms with Crippen molar-refractivity contribution in [2.24, 2.45) is 5.92 Å². The monoisotopic (exact) mass is 520 g/mol. The van der Waals surface area contributed by atoms with Crippen LogP contribution in [0.2, 0.25) is 0 Å². The zero-order chi connectivity index (χ0) is 26.2. The van der Waals surface area contributed by atoms with Crippen molar-refractivity contribution in [2.45, 2.75) is 30.3 Å². The number of benzene rings is 3. The molecule has 9 heteroatoms. The number of rotatable bonds is 6. The lowest BCUT2D eigenvalue weighted by Crippen LogP contribution is -2.41. The number of carbonyl (C=O) groups excluding carboxylic acids is 2. The highest BCUT2D eigenvalue weighted by molar-refractivity contribution is 7.89. The summed E-state index contributed by atoms with van der Waals surface area (Å²) in [6.45, 7) is 2.08. The minimum absolute atomic E-state index is 0.0554. The Labute approximate surface area is 216 Å². The highest BCUT2D eigenvalue weighted by atomic mass is 32.2. The number of methoxy groups -OCH3 is 1. The number of hydrogen-bond donors (Lipinski definition) is 0. The van der Waals surface area contributed by atoms with Gasteiger partial charge < -0.3 is 9.47 Å².